The molecule has 5 nitrogen and oxygen atoms in total. The predicted octanol–water partition coefficient (Wildman–Crippen LogP) is 2.09. The Morgan fingerprint density at radius 1 is 1.14 bits per heavy atom. The van der Waals surface area contributed by atoms with Gasteiger partial charge in [0, 0.05) is 12.2 Å². The van der Waals surface area contributed by atoms with E-state index in [4.69, 9.17) is 0 Å². The summed E-state index contributed by atoms with van der Waals surface area (Å²) < 4.78 is 0. The SMILES string of the molecule is CCCCNC(=O)CN(C)CC(=O)Nc1cccc(C)c1C. The number of anilines is 1. The molecule has 0 atom stereocenters. The second-order valence-electron chi connectivity index (χ2n) is 5.67. The lowest BCUT2D eigenvalue weighted by Crippen LogP contribution is -2.39. The number of benzene rings is 1. The summed E-state index contributed by atoms with van der Waals surface area (Å²) in [5.41, 5.74) is 3.03. The van der Waals surface area contributed by atoms with Gasteiger partial charge in [0.1, 0.15) is 0 Å². The van der Waals surface area contributed by atoms with Crippen LogP contribution in [0.4, 0.5) is 5.69 Å². The molecule has 0 saturated carbocycles. The molecule has 0 heterocycles. The third kappa shape index (κ3) is 6.26. The quantitative estimate of drug-likeness (QED) is 0.723. The van der Waals surface area contributed by atoms with Crippen LogP contribution in [-0.4, -0.2) is 43.4 Å². The highest BCUT2D eigenvalue weighted by molar-refractivity contribution is 5.93. The molecule has 0 aliphatic rings. The number of nitrogens with zero attached hydrogens (tertiary/aromatic N) is 1. The van der Waals surface area contributed by atoms with Gasteiger partial charge in [0.15, 0.2) is 0 Å². The van der Waals surface area contributed by atoms with Gasteiger partial charge in [-0.15, -0.1) is 0 Å². The van der Waals surface area contributed by atoms with Crippen molar-refractivity contribution in [2.45, 2.75) is 33.6 Å². The lowest BCUT2D eigenvalue weighted by atomic mass is 10.1. The van der Waals surface area contributed by atoms with E-state index in [1.165, 1.54) is 0 Å². The molecule has 0 aliphatic carbocycles. The normalized spacial score (nSPS) is 10.6. The first-order chi connectivity index (χ1) is 10.4. The van der Waals surface area contributed by atoms with Gasteiger partial charge in [-0.2, -0.15) is 0 Å². The molecule has 5 heteroatoms. The van der Waals surface area contributed by atoms with Gasteiger partial charge >= 0.3 is 0 Å². The molecule has 0 spiro atoms. The highest BCUT2D eigenvalue weighted by atomic mass is 16.2. The first-order valence-corrected chi connectivity index (χ1v) is 7.75. The highest BCUT2D eigenvalue weighted by Gasteiger charge is 2.11. The molecule has 0 radical (unpaired) electrons. The summed E-state index contributed by atoms with van der Waals surface area (Å²) in [5.74, 6) is -0.159. The minimum Gasteiger partial charge on any atom is -0.355 e. The van der Waals surface area contributed by atoms with E-state index in [0.717, 1.165) is 29.7 Å². The van der Waals surface area contributed by atoms with Gasteiger partial charge in [0.25, 0.3) is 0 Å². The zero-order chi connectivity index (χ0) is 16.5. The van der Waals surface area contributed by atoms with Crippen molar-refractivity contribution in [2.24, 2.45) is 0 Å². The molecule has 2 N–H and O–H groups in total. The summed E-state index contributed by atoms with van der Waals surface area (Å²) in [6.07, 6.45) is 2.02. The van der Waals surface area contributed by atoms with E-state index in [9.17, 15) is 9.59 Å². The van der Waals surface area contributed by atoms with Crippen LogP contribution in [0.3, 0.4) is 0 Å². The number of hydrogen-bond donors (Lipinski definition) is 2. The highest BCUT2D eigenvalue weighted by Crippen LogP contribution is 2.17. The molecular formula is C17H27N3O2. The molecule has 0 saturated heterocycles. The van der Waals surface area contributed by atoms with Gasteiger partial charge in [-0.3, -0.25) is 14.5 Å². The van der Waals surface area contributed by atoms with Crippen molar-refractivity contribution in [3.05, 3.63) is 29.3 Å². The first kappa shape index (κ1) is 18.2. The largest absolute Gasteiger partial charge is 0.355 e. The Morgan fingerprint density at radius 2 is 1.82 bits per heavy atom. The van der Waals surface area contributed by atoms with Crippen molar-refractivity contribution in [2.75, 3.05) is 32.0 Å². The van der Waals surface area contributed by atoms with Crippen LogP contribution < -0.4 is 10.6 Å². The van der Waals surface area contributed by atoms with E-state index in [2.05, 4.69) is 17.6 Å². The lowest BCUT2D eigenvalue weighted by molar-refractivity contribution is -0.122. The van der Waals surface area contributed by atoms with E-state index < -0.39 is 0 Å². The van der Waals surface area contributed by atoms with E-state index in [-0.39, 0.29) is 24.9 Å². The maximum Gasteiger partial charge on any atom is 0.238 e. The van der Waals surface area contributed by atoms with Crippen LogP contribution in [0.15, 0.2) is 18.2 Å². The number of unbranched alkanes of at least 4 members (excludes halogenated alkanes) is 1. The molecule has 122 valence electrons. The van der Waals surface area contributed by atoms with Crippen LogP contribution >= 0.6 is 0 Å². The molecular weight excluding hydrogens is 278 g/mol. The van der Waals surface area contributed by atoms with Crippen LogP contribution in [-0.2, 0) is 9.59 Å². The van der Waals surface area contributed by atoms with Gasteiger partial charge in [-0.05, 0) is 44.5 Å². The van der Waals surface area contributed by atoms with Gasteiger partial charge in [-0.1, -0.05) is 25.5 Å². The van der Waals surface area contributed by atoms with Crippen LogP contribution in [0.5, 0.6) is 0 Å². The summed E-state index contributed by atoms with van der Waals surface area (Å²) in [4.78, 5) is 25.4. The van der Waals surface area contributed by atoms with E-state index in [1.54, 1.807) is 11.9 Å². The van der Waals surface area contributed by atoms with Gasteiger partial charge in [0.05, 0.1) is 13.1 Å². The number of carbonyl (C=O) groups is 2. The number of carbonyl (C=O) groups excluding carboxylic acids is 2. The second kappa shape index (κ2) is 9.20. The van der Waals surface area contributed by atoms with Gasteiger partial charge in [-0.25, -0.2) is 0 Å². The molecule has 0 fully saturated rings. The Morgan fingerprint density at radius 3 is 2.50 bits per heavy atom. The van der Waals surface area contributed by atoms with Crippen LogP contribution in [0.1, 0.15) is 30.9 Å². The Labute approximate surface area is 133 Å². The molecule has 1 aromatic carbocycles. The third-order valence-corrected chi connectivity index (χ3v) is 3.56. The van der Waals surface area contributed by atoms with Crippen molar-refractivity contribution < 1.29 is 9.59 Å². The molecule has 0 unspecified atom stereocenters. The zero-order valence-electron chi connectivity index (χ0n) is 14.0. The molecule has 1 rings (SSSR count). The van der Waals surface area contributed by atoms with Crippen molar-refractivity contribution in [3.63, 3.8) is 0 Å². The minimum atomic E-state index is -0.113. The fourth-order valence-corrected chi connectivity index (χ4v) is 2.08. The Balaban J connectivity index is 2.41. The summed E-state index contributed by atoms with van der Waals surface area (Å²) in [7, 11) is 1.77. The number of amides is 2. The minimum absolute atomic E-state index is 0.0458. The summed E-state index contributed by atoms with van der Waals surface area (Å²) in [5, 5.41) is 5.74. The molecule has 0 bridgehead atoms. The smallest absolute Gasteiger partial charge is 0.238 e. The van der Waals surface area contributed by atoms with Crippen LogP contribution in [0.2, 0.25) is 0 Å². The zero-order valence-corrected chi connectivity index (χ0v) is 14.0. The van der Waals surface area contributed by atoms with Crippen molar-refractivity contribution in [1.82, 2.24) is 10.2 Å². The molecule has 2 amide bonds. The maximum absolute atomic E-state index is 12.0. The third-order valence-electron chi connectivity index (χ3n) is 3.56. The number of rotatable bonds is 8. The number of aryl methyl sites for hydroxylation is 1. The van der Waals surface area contributed by atoms with Crippen molar-refractivity contribution in [1.29, 1.82) is 0 Å². The van der Waals surface area contributed by atoms with E-state index in [1.807, 2.05) is 32.0 Å². The summed E-state index contributed by atoms with van der Waals surface area (Å²) >= 11 is 0. The topological polar surface area (TPSA) is 61.4 Å². The first-order valence-electron chi connectivity index (χ1n) is 7.75. The molecule has 0 aromatic heterocycles. The Bertz CT molecular complexity index is 515. The van der Waals surface area contributed by atoms with Crippen LogP contribution in [0.25, 0.3) is 0 Å². The van der Waals surface area contributed by atoms with Gasteiger partial charge in [0.2, 0.25) is 11.8 Å². The predicted molar refractivity (Wildman–Crippen MR) is 90.0 cm³/mol. The van der Waals surface area contributed by atoms with Crippen molar-refractivity contribution in [3.8, 4) is 0 Å². The number of nitrogens with one attached hydrogen (secondary N) is 2. The second-order valence-corrected chi connectivity index (χ2v) is 5.67. The molecule has 1 aromatic rings. The number of likely N-dealkylation sites (N-methyl/N-ethyl adjacent to an activating group) is 1. The fourth-order valence-electron chi connectivity index (χ4n) is 2.08. The van der Waals surface area contributed by atoms with E-state index in [0.29, 0.717) is 6.54 Å². The fraction of sp³-hybridized carbons (Fsp3) is 0.529. The molecule has 22 heavy (non-hydrogen) atoms. The monoisotopic (exact) mass is 305 g/mol. The maximum atomic E-state index is 12.0. The van der Waals surface area contributed by atoms with Crippen LogP contribution in [0, 0.1) is 13.8 Å². The Kier molecular flexibility index (Phi) is 7.60. The van der Waals surface area contributed by atoms with Crippen molar-refractivity contribution >= 4 is 17.5 Å². The summed E-state index contributed by atoms with van der Waals surface area (Å²) in [6, 6.07) is 5.82. The average Bonchev–Trinajstić information content (AvgIpc) is 2.44. The standard InChI is InChI=1S/C17H27N3O2/c1-5-6-10-18-16(21)11-20(4)12-17(22)19-15-9-7-8-13(2)14(15)3/h7-9H,5-6,10-12H2,1-4H3,(H,18,21)(H,19,22). The molecule has 0 aliphatic heterocycles. The lowest BCUT2D eigenvalue weighted by Gasteiger charge is -2.17. The van der Waals surface area contributed by atoms with E-state index >= 15 is 0 Å². The average molecular weight is 305 g/mol. The Hall–Kier alpha value is -1.88. The summed E-state index contributed by atoms with van der Waals surface area (Å²) in [6.45, 7) is 7.18. The van der Waals surface area contributed by atoms with Gasteiger partial charge < -0.3 is 10.6 Å². The number of hydrogen-bond acceptors (Lipinski definition) is 3.